The Bertz CT molecular complexity index is 751. The van der Waals surface area contributed by atoms with Crippen molar-refractivity contribution in [2.75, 3.05) is 38.7 Å². The molecule has 0 aromatic heterocycles. The number of likely N-dealkylation sites (tertiary alicyclic amines) is 1. The monoisotopic (exact) mass is 382 g/mol. The average Bonchev–Trinajstić information content (AvgIpc) is 2.69. The van der Waals surface area contributed by atoms with E-state index < -0.39 is 5.60 Å². The first kappa shape index (κ1) is 20.2. The van der Waals surface area contributed by atoms with Crippen LogP contribution < -0.4 is 4.90 Å². The van der Waals surface area contributed by atoms with Crippen LogP contribution in [-0.2, 0) is 17.6 Å². The average molecular weight is 383 g/mol. The zero-order valence-corrected chi connectivity index (χ0v) is 16.8. The van der Waals surface area contributed by atoms with Crippen molar-refractivity contribution >= 4 is 11.8 Å². The highest BCUT2D eigenvalue weighted by Crippen LogP contribution is 2.26. The standard InChI is InChI=1S/C23H30N2O3/c1-24(2)21-10-8-19(9-11-21)12-17-28-22(26)25-15-13-23(27,14-16-25)18-20-6-4-3-5-7-20/h3-11,27H,12-18H2,1-2H3. The Hall–Kier alpha value is -2.53. The zero-order valence-electron chi connectivity index (χ0n) is 16.8. The Morgan fingerprint density at radius 2 is 1.68 bits per heavy atom. The van der Waals surface area contributed by atoms with Crippen LogP contribution in [-0.4, -0.2) is 55.5 Å². The molecule has 150 valence electrons. The first-order valence-corrected chi connectivity index (χ1v) is 9.89. The molecule has 0 aliphatic carbocycles. The molecular weight excluding hydrogens is 352 g/mol. The Labute approximate surface area is 167 Å². The summed E-state index contributed by atoms with van der Waals surface area (Å²) >= 11 is 0. The van der Waals surface area contributed by atoms with Crippen LogP contribution in [0.25, 0.3) is 0 Å². The number of hydrogen-bond donors (Lipinski definition) is 1. The minimum Gasteiger partial charge on any atom is -0.449 e. The van der Waals surface area contributed by atoms with Gasteiger partial charge in [-0.15, -0.1) is 0 Å². The van der Waals surface area contributed by atoms with Gasteiger partial charge in [-0.3, -0.25) is 0 Å². The number of hydrogen-bond acceptors (Lipinski definition) is 4. The van der Waals surface area contributed by atoms with Gasteiger partial charge in [0.1, 0.15) is 0 Å². The third kappa shape index (κ3) is 5.49. The fourth-order valence-corrected chi connectivity index (χ4v) is 3.57. The van der Waals surface area contributed by atoms with Gasteiger partial charge in [-0.05, 0) is 36.1 Å². The second-order valence-corrected chi connectivity index (χ2v) is 7.80. The number of carbonyl (C=O) groups excluding carboxylic acids is 1. The third-order valence-electron chi connectivity index (χ3n) is 5.40. The predicted molar refractivity (Wildman–Crippen MR) is 112 cm³/mol. The van der Waals surface area contributed by atoms with E-state index in [0.717, 1.165) is 16.8 Å². The summed E-state index contributed by atoms with van der Waals surface area (Å²) in [5.74, 6) is 0. The third-order valence-corrected chi connectivity index (χ3v) is 5.40. The molecular formula is C23H30N2O3. The summed E-state index contributed by atoms with van der Waals surface area (Å²) in [6.07, 6.45) is 2.18. The molecule has 1 N–H and O–H groups in total. The summed E-state index contributed by atoms with van der Waals surface area (Å²) in [5.41, 5.74) is 2.68. The first-order chi connectivity index (χ1) is 13.5. The molecule has 0 unspecified atom stereocenters. The number of rotatable bonds is 6. The van der Waals surface area contributed by atoms with Gasteiger partial charge < -0.3 is 19.6 Å². The van der Waals surface area contributed by atoms with Crippen LogP contribution in [0.4, 0.5) is 10.5 Å². The van der Waals surface area contributed by atoms with Crippen LogP contribution in [0, 0.1) is 0 Å². The molecule has 28 heavy (non-hydrogen) atoms. The van der Waals surface area contributed by atoms with E-state index in [0.29, 0.717) is 45.4 Å². The predicted octanol–water partition coefficient (Wildman–Crippen LogP) is 3.50. The minimum absolute atomic E-state index is 0.285. The van der Waals surface area contributed by atoms with Crippen LogP contribution in [0.1, 0.15) is 24.0 Å². The van der Waals surface area contributed by atoms with Gasteiger partial charge in [0.25, 0.3) is 0 Å². The summed E-state index contributed by atoms with van der Waals surface area (Å²) in [6.45, 7) is 1.42. The number of amides is 1. The molecule has 0 radical (unpaired) electrons. The summed E-state index contributed by atoms with van der Waals surface area (Å²) in [4.78, 5) is 16.1. The molecule has 1 amide bonds. The molecule has 1 heterocycles. The van der Waals surface area contributed by atoms with Crippen LogP contribution in [0.5, 0.6) is 0 Å². The van der Waals surface area contributed by atoms with Gasteiger partial charge in [-0.2, -0.15) is 0 Å². The molecule has 0 bridgehead atoms. The molecule has 2 aromatic carbocycles. The van der Waals surface area contributed by atoms with E-state index in [4.69, 9.17) is 4.74 Å². The maximum atomic E-state index is 12.3. The largest absolute Gasteiger partial charge is 0.449 e. The fourth-order valence-electron chi connectivity index (χ4n) is 3.57. The van der Waals surface area contributed by atoms with Crippen molar-refractivity contribution in [3.05, 3.63) is 65.7 Å². The van der Waals surface area contributed by atoms with E-state index in [1.165, 1.54) is 0 Å². The van der Waals surface area contributed by atoms with Crippen molar-refractivity contribution in [1.82, 2.24) is 4.90 Å². The number of carbonyl (C=O) groups is 1. The van der Waals surface area contributed by atoms with Gasteiger partial charge in [0.2, 0.25) is 0 Å². The molecule has 0 spiro atoms. The lowest BCUT2D eigenvalue weighted by Gasteiger charge is -2.37. The Morgan fingerprint density at radius 1 is 1.04 bits per heavy atom. The van der Waals surface area contributed by atoms with E-state index in [9.17, 15) is 9.90 Å². The number of ether oxygens (including phenoxy) is 1. The lowest BCUT2D eigenvalue weighted by Crippen LogP contribution is -2.48. The Balaban J connectivity index is 1.41. The summed E-state index contributed by atoms with van der Waals surface area (Å²) in [6, 6.07) is 18.3. The summed E-state index contributed by atoms with van der Waals surface area (Å²) in [7, 11) is 4.02. The highest BCUT2D eigenvalue weighted by Gasteiger charge is 2.34. The lowest BCUT2D eigenvalue weighted by atomic mass is 9.85. The molecule has 5 heteroatoms. The molecule has 0 atom stereocenters. The van der Waals surface area contributed by atoms with Crippen LogP contribution in [0.3, 0.4) is 0 Å². The van der Waals surface area contributed by atoms with Gasteiger partial charge in [-0.25, -0.2) is 4.79 Å². The van der Waals surface area contributed by atoms with Gasteiger partial charge in [0.15, 0.2) is 0 Å². The van der Waals surface area contributed by atoms with Crippen molar-refractivity contribution in [3.8, 4) is 0 Å². The van der Waals surface area contributed by atoms with Crippen molar-refractivity contribution in [2.45, 2.75) is 31.3 Å². The van der Waals surface area contributed by atoms with E-state index in [2.05, 4.69) is 29.2 Å². The second-order valence-electron chi connectivity index (χ2n) is 7.80. The SMILES string of the molecule is CN(C)c1ccc(CCOC(=O)N2CCC(O)(Cc3ccccc3)CC2)cc1. The Kier molecular flexibility index (Phi) is 6.57. The van der Waals surface area contributed by atoms with Crippen molar-refractivity contribution in [3.63, 3.8) is 0 Å². The number of anilines is 1. The van der Waals surface area contributed by atoms with Gasteiger partial charge in [0.05, 0.1) is 12.2 Å². The molecule has 0 saturated carbocycles. The van der Waals surface area contributed by atoms with E-state index in [1.54, 1.807) is 4.90 Å². The topological polar surface area (TPSA) is 53.0 Å². The molecule has 1 saturated heterocycles. The van der Waals surface area contributed by atoms with Crippen LogP contribution >= 0.6 is 0 Å². The molecule has 1 aliphatic heterocycles. The van der Waals surface area contributed by atoms with Crippen molar-refractivity contribution < 1.29 is 14.6 Å². The second kappa shape index (κ2) is 9.11. The minimum atomic E-state index is -0.744. The van der Waals surface area contributed by atoms with Crippen molar-refractivity contribution in [2.24, 2.45) is 0 Å². The zero-order chi connectivity index (χ0) is 20.0. The first-order valence-electron chi connectivity index (χ1n) is 9.89. The number of benzene rings is 2. The van der Waals surface area contributed by atoms with Gasteiger partial charge in [0, 0.05) is 45.7 Å². The maximum absolute atomic E-state index is 12.3. The maximum Gasteiger partial charge on any atom is 0.409 e. The van der Waals surface area contributed by atoms with Crippen molar-refractivity contribution in [1.29, 1.82) is 0 Å². The fraction of sp³-hybridized carbons (Fsp3) is 0.435. The molecule has 1 aliphatic rings. The van der Waals surface area contributed by atoms with E-state index in [-0.39, 0.29) is 6.09 Å². The summed E-state index contributed by atoms with van der Waals surface area (Å²) < 4.78 is 5.44. The number of nitrogens with zero attached hydrogens (tertiary/aromatic N) is 2. The van der Waals surface area contributed by atoms with E-state index >= 15 is 0 Å². The van der Waals surface area contributed by atoms with E-state index in [1.807, 2.05) is 44.4 Å². The number of piperidine rings is 1. The number of aliphatic hydroxyl groups is 1. The lowest BCUT2D eigenvalue weighted by molar-refractivity contribution is -0.0197. The normalized spacial score (nSPS) is 15.9. The molecule has 2 aromatic rings. The molecule has 1 fully saturated rings. The quantitative estimate of drug-likeness (QED) is 0.831. The smallest absolute Gasteiger partial charge is 0.409 e. The highest BCUT2D eigenvalue weighted by molar-refractivity contribution is 5.67. The summed E-state index contributed by atoms with van der Waals surface area (Å²) in [5, 5.41) is 10.8. The van der Waals surface area contributed by atoms with Crippen LogP contribution in [0.2, 0.25) is 0 Å². The van der Waals surface area contributed by atoms with Gasteiger partial charge >= 0.3 is 6.09 Å². The molecule has 5 nitrogen and oxygen atoms in total. The van der Waals surface area contributed by atoms with Crippen LogP contribution in [0.15, 0.2) is 54.6 Å². The molecule has 3 rings (SSSR count). The Morgan fingerprint density at radius 3 is 2.29 bits per heavy atom. The van der Waals surface area contributed by atoms with Gasteiger partial charge in [-0.1, -0.05) is 42.5 Å². The highest BCUT2D eigenvalue weighted by atomic mass is 16.6.